The summed E-state index contributed by atoms with van der Waals surface area (Å²) in [5.74, 6) is 0. The first-order chi connectivity index (χ1) is 28.3. The number of thiophene rings is 1. The first kappa shape index (κ1) is 33.2. The predicted octanol–water partition coefficient (Wildman–Crippen LogP) is 15.6. The van der Waals surface area contributed by atoms with Crippen LogP contribution in [0.25, 0.3) is 81.0 Å². The lowest BCUT2D eigenvalue weighted by Gasteiger charge is -2.29. The standard InChI is InChI=1S/C54H36N2S/c1-4-14-37(15-5-1)39-24-29-43(30-25-39)55(44-31-26-40(27-32-44)38-16-6-2-7-17-38)51-36-52-49(45-20-10-12-22-50(45)56(52)42-18-8-3-9-19-42)35-48(51)41-28-33-47-46-21-11-13-23-53(46)57-54(47)34-41/h1-36H. The van der Waals surface area contributed by atoms with E-state index in [1.807, 2.05) is 11.3 Å². The van der Waals surface area contributed by atoms with Crippen molar-refractivity contribution in [2.75, 3.05) is 4.90 Å². The van der Waals surface area contributed by atoms with Crippen LogP contribution in [0.15, 0.2) is 218 Å². The molecular weight excluding hydrogens is 709 g/mol. The lowest BCUT2D eigenvalue weighted by atomic mass is 9.97. The van der Waals surface area contributed by atoms with Crippen molar-refractivity contribution in [2.24, 2.45) is 0 Å². The van der Waals surface area contributed by atoms with Crippen LogP contribution in [0.3, 0.4) is 0 Å². The summed E-state index contributed by atoms with van der Waals surface area (Å²) in [7, 11) is 0. The molecule has 0 unspecified atom stereocenters. The Morgan fingerprint density at radius 1 is 0.333 bits per heavy atom. The summed E-state index contributed by atoms with van der Waals surface area (Å²) in [5.41, 5.74) is 13.9. The molecule has 0 fully saturated rings. The predicted molar refractivity (Wildman–Crippen MR) is 245 cm³/mol. The molecule has 11 rings (SSSR count). The highest BCUT2D eigenvalue weighted by Gasteiger charge is 2.23. The Morgan fingerprint density at radius 3 is 1.49 bits per heavy atom. The van der Waals surface area contributed by atoms with Gasteiger partial charge in [-0.1, -0.05) is 152 Å². The molecule has 0 atom stereocenters. The average molecular weight is 745 g/mol. The maximum absolute atomic E-state index is 2.44. The molecule has 0 radical (unpaired) electrons. The molecule has 2 aromatic heterocycles. The molecule has 0 aliphatic carbocycles. The third-order valence-electron chi connectivity index (χ3n) is 11.2. The molecule has 0 bridgehead atoms. The summed E-state index contributed by atoms with van der Waals surface area (Å²) in [6.07, 6.45) is 0. The summed E-state index contributed by atoms with van der Waals surface area (Å²) in [5, 5.41) is 5.07. The monoisotopic (exact) mass is 744 g/mol. The number of hydrogen-bond acceptors (Lipinski definition) is 2. The van der Waals surface area contributed by atoms with Gasteiger partial charge in [-0.3, -0.25) is 0 Å². The van der Waals surface area contributed by atoms with Gasteiger partial charge in [0.15, 0.2) is 0 Å². The van der Waals surface area contributed by atoms with Gasteiger partial charge in [0.1, 0.15) is 0 Å². The number of para-hydroxylation sites is 2. The van der Waals surface area contributed by atoms with Crippen molar-refractivity contribution in [1.29, 1.82) is 0 Å². The Bertz CT molecular complexity index is 3120. The zero-order chi connectivity index (χ0) is 37.7. The molecule has 57 heavy (non-hydrogen) atoms. The molecule has 0 saturated heterocycles. The van der Waals surface area contributed by atoms with E-state index in [0.29, 0.717) is 0 Å². The van der Waals surface area contributed by atoms with Gasteiger partial charge in [-0.15, -0.1) is 11.3 Å². The van der Waals surface area contributed by atoms with Crippen molar-refractivity contribution in [3.63, 3.8) is 0 Å². The van der Waals surface area contributed by atoms with E-state index in [0.717, 1.165) is 28.3 Å². The molecule has 9 aromatic carbocycles. The maximum atomic E-state index is 2.44. The number of hydrogen-bond donors (Lipinski definition) is 0. The number of anilines is 3. The number of aromatic nitrogens is 1. The molecule has 0 spiro atoms. The molecule has 2 heterocycles. The SMILES string of the molecule is c1ccc(-c2ccc(N(c3ccc(-c4ccccc4)cc3)c3cc4c(cc3-c3ccc5c(c3)sc3ccccc35)c3ccccc3n4-c3ccccc3)cc2)cc1. The molecule has 11 aromatic rings. The second-order valence-corrected chi connectivity index (χ2v) is 15.6. The van der Waals surface area contributed by atoms with Crippen molar-refractivity contribution >= 4 is 70.4 Å². The van der Waals surface area contributed by atoms with E-state index in [9.17, 15) is 0 Å². The Balaban J connectivity index is 1.20. The number of nitrogens with zero attached hydrogens (tertiary/aromatic N) is 2. The van der Waals surface area contributed by atoms with Gasteiger partial charge >= 0.3 is 0 Å². The molecule has 0 saturated carbocycles. The van der Waals surface area contributed by atoms with Crippen molar-refractivity contribution in [1.82, 2.24) is 4.57 Å². The van der Waals surface area contributed by atoms with Crippen LogP contribution in [0.4, 0.5) is 17.1 Å². The minimum atomic E-state index is 1.09. The van der Waals surface area contributed by atoms with Crippen molar-refractivity contribution in [2.45, 2.75) is 0 Å². The number of benzene rings is 9. The topological polar surface area (TPSA) is 8.17 Å². The first-order valence-electron chi connectivity index (χ1n) is 19.4. The highest BCUT2D eigenvalue weighted by Crippen LogP contribution is 2.47. The first-order valence-corrected chi connectivity index (χ1v) is 20.2. The lowest BCUT2D eigenvalue weighted by molar-refractivity contribution is 1.18. The van der Waals surface area contributed by atoms with Crippen molar-refractivity contribution < 1.29 is 0 Å². The summed E-state index contributed by atoms with van der Waals surface area (Å²) in [6.45, 7) is 0. The van der Waals surface area contributed by atoms with Gasteiger partial charge in [-0.2, -0.15) is 0 Å². The van der Waals surface area contributed by atoms with Gasteiger partial charge in [0.25, 0.3) is 0 Å². The molecule has 3 heteroatoms. The highest BCUT2D eigenvalue weighted by molar-refractivity contribution is 7.25. The highest BCUT2D eigenvalue weighted by atomic mass is 32.1. The third kappa shape index (κ3) is 5.80. The molecule has 0 N–H and O–H groups in total. The van der Waals surface area contributed by atoms with Gasteiger partial charge in [0, 0.05) is 53.6 Å². The second-order valence-electron chi connectivity index (χ2n) is 14.5. The van der Waals surface area contributed by atoms with Crippen LogP contribution < -0.4 is 4.90 Å². The van der Waals surface area contributed by atoms with Gasteiger partial charge in [0.2, 0.25) is 0 Å². The second kappa shape index (κ2) is 13.8. The smallest absolute Gasteiger partial charge is 0.0562 e. The van der Waals surface area contributed by atoms with E-state index < -0.39 is 0 Å². The molecule has 0 amide bonds. The maximum Gasteiger partial charge on any atom is 0.0562 e. The summed E-state index contributed by atoms with van der Waals surface area (Å²) >= 11 is 1.87. The van der Waals surface area contributed by atoms with Crippen molar-refractivity contribution in [3.8, 4) is 39.1 Å². The van der Waals surface area contributed by atoms with E-state index in [1.165, 1.54) is 69.8 Å². The van der Waals surface area contributed by atoms with Crippen LogP contribution >= 0.6 is 11.3 Å². The van der Waals surface area contributed by atoms with Crippen LogP contribution in [0.5, 0.6) is 0 Å². The third-order valence-corrected chi connectivity index (χ3v) is 12.3. The van der Waals surface area contributed by atoms with Crippen LogP contribution in [0.2, 0.25) is 0 Å². The normalized spacial score (nSPS) is 11.5. The van der Waals surface area contributed by atoms with E-state index in [2.05, 4.69) is 228 Å². The Hall–Kier alpha value is -7.20. The fourth-order valence-corrected chi connectivity index (χ4v) is 9.61. The number of fused-ring (bicyclic) bond motifs is 6. The lowest BCUT2D eigenvalue weighted by Crippen LogP contribution is -2.11. The van der Waals surface area contributed by atoms with Gasteiger partial charge in [-0.05, 0) is 94.5 Å². The van der Waals surface area contributed by atoms with E-state index in [4.69, 9.17) is 0 Å². The molecule has 268 valence electrons. The zero-order valence-electron chi connectivity index (χ0n) is 31.1. The average Bonchev–Trinajstić information content (AvgIpc) is 3.82. The van der Waals surface area contributed by atoms with E-state index >= 15 is 0 Å². The minimum absolute atomic E-state index is 1.09. The van der Waals surface area contributed by atoms with Crippen LogP contribution in [0, 0.1) is 0 Å². The molecule has 2 nitrogen and oxygen atoms in total. The summed E-state index contributed by atoms with van der Waals surface area (Å²) in [6, 6.07) is 79.5. The molecular formula is C54H36N2S. The van der Waals surface area contributed by atoms with Gasteiger partial charge in [0.05, 0.1) is 16.7 Å². The largest absolute Gasteiger partial charge is 0.310 e. The Kier molecular flexibility index (Phi) is 8.04. The van der Waals surface area contributed by atoms with Crippen LogP contribution in [-0.2, 0) is 0 Å². The van der Waals surface area contributed by atoms with Gasteiger partial charge < -0.3 is 9.47 Å². The fourth-order valence-electron chi connectivity index (χ4n) is 8.46. The van der Waals surface area contributed by atoms with Crippen LogP contribution in [-0.4, -0.2) is 4.57 Å². The molecule has 0 aliphatic heterocycles. The summed E-state index contributed by atoms with van der Waals surface area (Å²) < 4.78 is 5.02. The fraction of sp³-hybridized carbons (Fsp3) is 0. The Labute approximate surface area is 335 Å². The summed E-state index contributed by atoms with van der Waals surface area (Å²) in [4.78, 5) is 2.44. The minimum Gasteiger partial charge on any atom is -0.310 e. The van der Waals surface area contributed by atoms with E-state index in [-0.39, 0.29) is 0 Å². The van der Waals surface area contributed by atoms with Crippen LogP contribution in [0.1, 0.15) is 0 Å². The van der Waals surface area contributed by atoms with E-state index in [1.54, 1.807) is 0 Å². The van der Waals surface area contributed by atoms with Gasteiger partial charge in [-0.25, -0.2) is 0 Å². The molecule has 0 aliphatic rings. The number of rotatable bonds is 7. The Morgan fingerprint density at radius 2 is 0.842 bits per heavy atom. The van der Waals surface area contributed by atoms with Crippen molar-refractivity contribution in [3.05, 3.63) is 218 Å². The zero-order valence-corrected chi connectivity index (χ0v) is 31.9. The quantitative estimate of drug-likeness (QED) is 0.158.